The van der Waals surface area contributed by atoms with Gasteiger partial charge >= 0.3 is 5.97 Å². The van der Waals surface area contributed by atoms with Gasteiger partial charge in [0.2, 0.25) is 0 Å². The quantitative estimate of drug-likeness (QED) is 0.571. The second kappa shape index (κ2) is 6.67. The zero-order valence-electron chi connectivity index (χ0n) is 16.0. The second-order valence-electron chi connectivity index (χ2n) is 8.84. The molecule has 0 spiro atoms. The lowest BCUT2D eigenvalue weighted by Crippen LogP contribution is -2.48. The van der Waals surface area contributed by atoms with Crippen LogP contribution in [0.4, 0.5) is 0 Å². The van der Waals surface area contributed by atoms with E-state index in [0.717, 1.165) is 33.8 Å². The van der Waals surface area contributed by atoms with Gasteiger partial charge in [-0.25, -0.2) is 4.79 Å². The van der Waals surface area contributed by atoms with Gasteiger partial charge in [0, 0.05) is 11.1 Å². The van der Waals surface area contributed by atoms with Crippen molar-refractivity contribution >= 4 is 17.3 Å². The number of thiophene rings is 1. The fourth-order valence-electron chi connectivity index (χ4n) is 6.23. The molecule has 1 aromatic carbocycles. The van der Waals surface area contributed by atoms with E-state index in [1.807, 2.05) is 18.2 Å². The van der Waals surface area contributed by atoms with Gasteiger partial charge in [0.25, 0.3) is 0 Å². The fourth-order valence-corrected chi connectivity index (χ4v) is 7.01. The number of benzene rings is 1. The molecule has 0 saturated heterocycles. The van der Waals surface area contributed by atoms with Crippen LogP contribution in [0, 0.1) is 29.6 Å². The fraction of sp³-hybridized carbons (Fsp3) is 0.458. The van der Waals surface area contributed by atoms with Crippen molar-refractivity contribution in [2.45, 2.75) is 43.9 Å². The van der Waals surface area contributed by atoms with Gasteiger partial charge in [0.15, 0.2) is 0 Å². The van der Waals surface area contributed by atoms with E-state index in [1.165, 1.54) is 57.0 Å². The Bertz CT molecular complexity index is 955. The van der Waals surface area contributed by atoms with Crippen LogP contribution in [0.2, 0.25) is 0 Å². The van der Waals surface area contributed by atoms with E-state index in [0.29, 0.717) is 10.6 Å². The number of methoxy groups -OCH3 is 1. The number of carbonyl (C=O) groups is 1. The number of phenolic OH excluding ortho intramolecular Hbond substituents is 1. The Balaban J connectivity index is 1.45. The smallest absolute Gasteiger partial charge is 0.348 e. The molecular weight excluding hydrogens is 368 g/mol. The van der Waals surface area contributed by atoms with Gasteiger partial charge in [0.05, 0.1) is 12.0 Å². The number of rotatable bonds is 2. The molecule has 1 N–H and O–H groups in total. The topological polar surface area (TPSA) is 46.5 Å². The van der Waals surface area contributed by atoms with Crippen molar-refractivity contribution in [2.75, 3.05) is 7.11 Å². The molecule has 1 heterocycles. The third-order valence-corrected chi connectivity index (χ3v) is 7.91. The summed E-state index contributed by atoms with van der Waals surface area (Å²) in [4.78, 5) is 13.0. The highest BCUT2D eigenvalue weighted by Gasteiger charge is 2.52. The van der Waals surface area contributed by atoms with Crippen molar-refractivity contribution in [2.24, 2.45) is 17.8 Å². The van der Waals surface area contributed by atoms with E-state index in [4.69, 9.17) is 4.74 Å². The lowest BCUT2D eigenvalue weighted by atomic mass is 9.48. The monoisotopic (exact) mass is 392 g/mol. The maximum atomic E-state index is 11.6. The summed E-state index contributed by atoms with van der Waals surface area (Å²) in [7, 11) is 1.38. The van der Waals surface area contributed by atoms with E-state index < -0.39 is 0 Å². The van der Waals surface area contributed by atoms with Crippen molar-refractivity contribution in [1.29, 1.82) is 0 Å². The van der Waals surface area contributed by atoms with E-state index in [2.05, 4.69) is 17.9 Å². The summed E-state index contributed by atoms with van der Waals surface area (Å²) in [6.45, 7) is 0. The maximum absolute atomic E-state index is 11.6. The molecule has 4 aliphatic carbocycles. The molecule has 0 aliphatic heterocycles. The van der Waals surface area contributed by atoms with E-state index in [9.17, 15) is 9.90 Å². The molecule has 3 nitrogen and oxygen atoms in total. The Hall–Kier alpha value is -2.25. The van der Waals surface area contributed by atoms with Crippen LogP contribution in [0.25, 0.3) is 0 Å². The second-order valence-corrected chi connectivity index (χ2v) is 9.92. The maximum Gasteiger partial charge on any atom is 0.348 e. The molecule has 4 bridgehead atoms. The summed E-state index contributed by atoms with van der Waals surface area (Å²) in [5.74, 6) is 9.00. The number of carbonyl (C=O) groups excluding carboxylic acids is 1. The van der Waals surface area contributed by atoms with Crippen LogP contribution in [-0.2, 0) is 10.2 Å². The minimum atomic E-state index is -0.327. The standard InChI is InChI=1S/C24H24O3S/c1-27-23(26)22-7-5-19(28-22)4-2-15-3-6-21(25)20(11-15)24-12-16-8-17(13-24)10-18(9-16)14-24/h3,5-7,11,16-18,25H,8-10,12-14H2,1H3. The minimum absolute atomic E-state index is 0.150. The first-order valence-electron chi connectivity index (χ1n) is 10.1. The molecule has 0 unspecified atom stereocenters. The number of aromatic hydroxyl groups is 1. The first kappa shape index (κ1) is 17.8. The summed E-state index contributed by atoms with van der Waals surface area (Å²) in [6, 6.07) is 9.42. The van der Waals surface area contributed by atoms with Gasteiger partial charge in [-0.05, 0) is 92.0 Å². The number of phenols is 1. The normalized spacial score (nSPS) is 30.0. The Morgan fingerprint density at radius 2 is 1.75 bits per heavy atom. The van der Waals surface area contributed by atoms with Gasteiger partial charge in [-0.15, -0.1) is 11.3 Å². The molecule has 0 atom stereocenters. The molecule has 0 amide bonds. The largest absolute Gasteiger partial charge is 0.508 e. The van der Waals surface area contributed by atoms with Crippen LogP contribution in [0.15, 0.2) is 30.3 Å². The van der Waals surface area contributed by atoms with E-state index >= 15 is 0 Å². The van der Waals surface area contributed by atoms with Gasteiger partial charge in [-0.3, -0.25) is 0 Å². The lowest BCUT2D eigenvalue weighted by molar-refractivity contribution is -0.00614. The van der Waals surface area contributed by atoms with Crippen LogP contribution in [0.5, 0.6) is 5.75 Å². The first-order chi connectivity index (χ1) is 13.5. The van der Waals surface area contributed by atoms with Crippen molar-refractivity contribution < 1.29 is 14.6 Å². The summed E-state index contributed by atoms with van der Waals surface area (Å²) < 4.78 is 4.75. The highest BCUT2D eigenvalue weighted by atomic mass is 32.1. The molecular formula is C24H24O3S. The number of hydrogen-bond acceptors (Lipinski definition) is 4. The molecule has 4 saturated carbocycles. The van der Waals surface area contributed by atoms with Crippen molar-refractivity contribution in [3.63, 3.8) is 0 Å². The van der Waals surface area contributed by atoms with Crippen LogP contribution < -0.4 is 0 Å². The molecule has 144 valence electrons. The van der Waals surface area contributed by atoms with Crippen LogP contribution in [0.1, 0.15) is 64.2 Å². The SMILES string of the molecule is COC(=O)c1ccc(C#Cc2ccc(O)c(C34CC5CC(CC(C5)C3)C4)c2)s1. The molecule has 28 heavy (non-hydrogen) atoms. The number of ether oxygens (including phenoxy) is 1. The summed E-state index contributed by atoms with van der Waals surface area (Å²) in [5.41, 5.74) is 2.19. The first-order valence-corrected chi connectivity index (χ1v) is 10.9. The third-order valence-electron chi connectivity index (χ3n) is 6.93. The average molecular weight is 393 g/mol. The molecule has 0 radical (unpaired) electrons. The molecule has 6 rings (SSSR count). The lowest BCUT2D eigenvalue weighted by Gasteiger charge is -2.57. The van der Waals surface area contributed by atoms with Crippen molar-refractivity contribution in [3.8, 4) is 17.6 Å². The van der Waals surface area contributed by atoms with Crippen LogP contribution in [-0.4, -0.2) is 18.2 Å². The van der Waals surface area contributed by atoms with E-state index in [-0.39, 0.29) is 11.4 Å². The third kappa shape index (κ3) is 3.02. The summed E-state index contributed by atoms with van der Waals surface area (Å²) in [6.07, 6.45) is 7.83. The Labute approximate surface area is 169 Å². The summed E-state index contributed by atoms with van der Waals surface area (Å²) >= 11 is 1.34. The Morgan fingerprint density at radius 1 is 1.07 bits per heavy atom. The molecule has 4 aliphatic rings. The average Bonchev–Trinajstić information content (AvgIpc) is 3.14. The van der Waals surface area contributed by atoms with Crippen LogP contribution in [0.3, 0.4) is 0 Å². The van der Waals surface area contributed by atoms with Crippen molar-refractivity contribution in [1.82, 2.24) is 0 Å². The van der Waals surface area contributed by atoms with Gasteiger partial charge in [-0.1, -0.05) is 11.8 Å². The van der Waals surface area contributed by atoms with Crippen molar-refractivity contribution in [3.05, 3.63) is 51.2 Å². The molecule has 4 fully saturated rings. The highest BCUT2D eigenvalue weighted by Crippen LogP contribution is 2.61. The Kier molecular flexibility index (Phi) is 4.25. The van der Waals surface area contributed by atoms with Crippen LogP contribution >= 0.6 is 11.3 Å². The molecule has 4 heteroatoms. The van der Waals surface area contributed by atoms with Gasteiger partial charge < -0.3 is 9.84 Å². The molecule has 2 aromatic rings. The zero-order valence-corrected chi connectivity index (χ0v) is 16.8. The molecule has 1 aromatic heterocycles. The Morgan fingerprint density at radius 3 is 2.39 bits per heavy atom. The predicted octanol–water partition coefficient (Wildman–Crippen LogP) is 5.11. The van der Waals surface area contributed by atoms with Gasteiger partial charge in [0.1, 0.15) is 10.6 Å². The van der Waals surface area contributed by atoms with Gasteiger partial charge in [-0.2, -0.15) is 0 Å². The predicted molar refractivity (Wildman–Crippen MR) is 110 cm³/mol. The van der Waals surface area contributed by atoms with E-state index in [1.54, 1.807) is 6.07 Å². The number of esters is 1. The highest BCUT2D eigenvalue weighted by molar-refractivity contribution is 7.14. The summed E-state index contributed by atoms with van der Waals surface area (Å²) in [5, 5.41) is 10.7. The zero-order chi connectivity index (χ0) is 19.3. The minimum Gasteiger partial charge on any atom is -0.508 e. The number of hydrogen-bond donors (Lipinski definition) is 1.